The van der Waals surface area contributed by atoms with Crippen LogP contribution in [-0.2, 0) is 9.53 Å². The van der Waals surface area contributed by atoms with Crippen molar-refractivity contribution in [1.29, 1.82) is 0 Å². The van der Waals surface area contributed by atoms with Gasteiger partial charge >= 0.3 is 5.97 Å². The van der Waals surface area contributed by atoms with Gasteiger partial charge in [0.05, 0.1) is 6.61 Å². The lowest BCUT2D eigenvalue weighted by Crippen LogP contribution is -2.43. The number of hydrogen-bond donors (Lipinski definition) is 1. The van der Waals surface area contributed by atoms with E-state index in [1.54, 1.807) is 0 Å². The molecule has 0 bridgehead atoms. The van der Waals surface area contributed by atoms with E-state index < -0.39 is 0 Å². The van der Waals surface area contributed by atoms with Crippen molar-refractivity contribution in [3.63, 3.8) is 0 Å². The minimum atomic E-state index is -0.137. The molecule has 0 aliphatic carbocycles. The molecule has 2 atom stereocenters. The third kappa shape index (κ3) is 8.19. The van der Waals surface area contributed by atoms with Crippen LogP contribution in [-0.4, -0.2) is 24.7 Å². The fourth-order valence-corrected chi connectivity index (χ4v) is 1.81. The van der Waals surface area contributed by atoms with Crippen molar-refractivity contribution in [1.82, 2.24) is 5.32 Å². The number of rotatable bonds is 9. The summed E-state index contributed by atoms with van der Waals surface area (Å²) in [6.07, 6.45) is 4.14. The number of hydrogen-bond acceptors (Lipinski definition) is 3. The topological polar surface area (TPSA) is 38.3 Å². The highest BCUT2D eigenvalue weighted by Crippen LogP contribution is 2.09. The predicted molar refractivity (Wildman–Crippen MR) is 72.0 cm³/mol. The van der Waals surface area contributed by atoms with Gasteiger partial charge in [0.2, 0.25) is 0 Å². The summed E-state index contributed by atoms with van der Waals surface area (Å²) in [7, 11) is 0. The Hall–Kier alpha value is -0.570. The summed E-state index contributed by atoms with van der Waals surface area (Å²) < 4.78 is 5.08. The highest BCUT2D eigenvalue weighted by molar-refractivity contribution is 5.75. The second-order valence-corrected chi connectivity index (χ2v) is 5.13. The molecule has 0 aromatic carbocycles. The Bertz CT molecular complexity index is 204. The van der Waals surface area contributed by atoms with E-state index in [0.29, 0.717) is 18.6 Å². The van der Waals surface area contributed by atoms with E-state index in [9.17, 15) is 4.79 Å². The molecule has 1 N–H and O–H groups in total. The third-order valence-corrected chi connectivity index (χ3v) is 2.81. The molecule has 17 heavy (non-hydrogen) atoms. The lowest BCUT2D eigenvalue weighted by atomic mass is 10.0. The monoisotopic (exact) mass is 243 g/mol. The van der Waals surface area contributed by atoms with Crippen LogP contribution in [0.2, 0.25) is 0 Å². The molecule has 0 aromatic rings. The Labute approximate surface area is 106 Å². The van der Waals surface area contributed by atoms with Gasteiger partial charge in [-0.1, -0.05) is 27.2 Å². The zero-order valence-electron chi connectivity index (χ0n) is 12.1. The summed E-state index contributed by atoms with van der Waals surface area (Å²) in [6, 6.07) is 0.237. The van der Waals surface area contributed by atoms with E-state index in [4.69, 9.17) is 4.74 Å². The van der Waals surface area contributed by atoms with Crippen molar-refractivity contribution in [2.24, 2.45) is 5.92 Å². The first-order valence-corrected chi connectivity index (χ1v) is 6.93. The van der Waals surface area contributed by atoms with Gasteiger partial charge in [0.15, 0.2) is 0 Å². The highest BCUT2D eigenvalue weighted by atomic mass is 16.5. The molecule has 0 radical (unpaired) electrons. The van der Waals surface area contributed by atoms with E-state index in [-0.39, 0.29) is 12.0 Å². The van der Waals surface area contributed by atoms with Crippen molar-refractivity contribution >= 4 is 5.97 Å². The molecule has 0 rings (SSSR count). The maximum atomic E-state index is 11.7. The standard InChI is InChI=1S/C14H29NO2/c1-6-8-13(14(16)17-7-2)15-12(5)10-9-11(3)4/h11-13,15H,6-10H2,1-5H3. The molecule has 3 heteroatoms. The zero-order chi connectivity index (χ0) is 13.3. The molecule has 102 valence electrons. The van der Waals surface area contributed by atoms with E-state index in [1.807, 2.05) is 6.92 Å². The SMILES string of the molecule is CCCC(NC(C)CCC(C)C)C(=O)OCC. The van der Waals surface area contributed by atoms with Gasteiger partial charge in [-0.25, -0.2) is 0 Å². The number of carbonyl (C=O) groups excluding carboxylic acids is 1. The molecule has 0 fully saturated rings. The van der Waals surface area contributed by atoms with E-state index in [1.165, 1.54) is 6.42 Å². The average molecular weight is 243 g/mol. The first-order valence-electron chi connectivity index (χ1n) is 6.93. The minimum absolute atomic E-state index is 0.106. The smallest absolute Gasteiger partial charge is 0.323 e. The zero-order valence-corrected chi connectivity index (χ0v) is 12.1. The maximum Gasteiger partial charge on any atom is 0.323 e. The van der Waals surface area contributed by atoms with Crippen LogP contribution >= 0.6 is 0 Å². The Morgan fingerprint density at radius 1 is 1.12 bits per heavy atom. The number of esters is 1. The molecule has 0 aliphatic heterocycles. The second kappa shape index (κ2) is 9.46. The fraction of sp³-hybridized carbons (Fsp3) is 0.929. The summed E-state index contributed by atoms with van der Waals surface area (Å²) in [5.74, 6) is 0.609. The van der Waals surface area contributed by atoms with Crippen molar-refractivity contribution in [2.75, 3.05) is 6.61 Å². The third-order valence-electron chi connectivity index (χ3n) is 2.81. The lowest BCUT2D eigenvalue weighted by molar-refractivity contribution is -0.146. The first-order chi connectivity index (χ1) is 8.01. The Kier molecular flexibility index (Phi) is 9.14. The largest absolute Gasteiger partial charge is 0.465 e. The van der Waals surface area contributed by atoms with Crippen LogP contribution in [0.4, 0.5) is 0 Å². The summed E-state index contributed by atoms with van der Waals surface area (Å²) in [4.78, 5) is 11.7. The van der Waals surface area contributed by atoms with Gasteiger partial charge < -0.3 is 10.1 Å². The van der Waals surface area contributed by atoms with Gasteiger partial charge in [-0.3, -0.25) is 4.79 Å². The van der Waals surface area contributed by atoms with Crippen LogP contribution in [0, 0.1) is 5.92 Å². The maximum absolute atomic E-state index is 11.7. The normalized spacial score (nSPS) is 14.7. The average Bonchev–Trinajstić information content (AvgIpc) is 2.26. The van der Waals surface area contributed by atoms with Crippen molar-refractivity contribution in [3.05, 3.63) is 0 Å². The lowest BCUT2D eigenvalue weighted by Gasteiger charge is -2.22. The number of nitrogens with one attached hydrogen (secondary N) is 1. The Balaban J connectivity index is 4.09. The summed E-state index contributed by atoms with van der Waals surface area (Å²) in [5.41, 5.74) is 0. The first kappa shape index (κ1) is 16.4. The van der Waals surface area contributed by atoms with Gasteiger partial charge in [0, 0.05) is 6.04 Å². The summed E-state index contributed by atoms with van der Waals surface area (Å²) in [6.45, 7) is 11.0. The van der Waals surface area contributed by atoms with Gasteiger partial charge in [0.1, 0.15) is 6.04 Å². The van der Waals surface area contributed by atoms with Crippen LogP contribution in [0.5, 0.6) is 0 Å². The molecule has 0 saturated heterocycles. The molecular weight excluding hydrogens is 214 g/mol. The van der Waals surface area contributed by atoms with E-state index >= 15 is 0 Å². The molecule has 0 aliphatic rings. The number of ether oxygens (including phenoxy) is 1. The fourth-order valence-electron chi connectivity index (χ4n) is 1.81. The van der Waals surface area contributed by atoms with Gasteiger partial charge in [-0.15, -0.1) is 0 Å². The van der Waals surface area contributed by atoms with Crippen molar-refractivity contribution < 1.29 is 9.53 Å². The Morgan fingerprint density at radius 3 is 2.24 bits per heavy atom. The van der Waals surface area contributed by atoms with Crippen LogP contribution < -0.4 is 5.32 Å². The van der Waals surface area contributed by atoms with E-state index in [2.05, 4.69) is 33.0 Å². The van der Waals surface area contributed by atoms with E-state index in [0.717, 1.165) is 19.3 Å². The van der Waals surface area contributed by atoms with Crippen LogP contribution in [0.15, 0.2) is 0 Å². The molecule has 0 amide bonds. The molecule has 0 saturated carbocycles. The molecule has 3 nitrogen and oxygen atoms in total. The highest BCUT2D eigenvalue weighted by Gasteiger charge is 2.20. The predicted octanol–water partition coefficient (Wildman–Crippen LogP) is 3.13. The Morgan fingerprint density at radius 2 is 1.76 bits per heavy atom. The molecule has 2 unspecified atom stereocenters. The van der Waals surface area contributed by atoms with Gasteiger partial charge in [0.25, 0.3) is 0 Å². The van der Waals surface area contributed by atoms with Gasteiger partial charge in [-0.05, 0) is 39.0 Å². The van der Waals surface area contributed by atoms with Crippen molar-refractivity contribution in [3.8, 4) is 0 Å². The van der Waals surface area contributed by atoms with Crippen LogP contribution in [0.25, 0.3) is 0 Å². The molecule has 0 heterocycles. The van der Waals surface area contributed by atoms with Crippen LogP contribution in [0.1, 0.15) is 60.3 Å². The second-order valence-electron chi connectivity index (χ2n) is 5.13. The minimum Gasteiger partial charge on any atom is -0.465 e. The van der Waals surface area contributed by atoms with Crippen LogP contribution in [0.3, 0.4) is 0 Å². The number of carbonyl (C=O) groups is 1. The molecule has 0 spiro atoms. The molecule has 0 aromatic heterocycles. The van der Waals surface area contributed by atoms with Gasteiger partial charge in [-0.2, -0.15) is 0 Å². The summed E-state index contributed by atoms with van der Waals surface area (Å²) >= 11 is 0. The summed E-state index contributed by atoms with van der Waals surface area (Å²) in [5, 5.41) is 3.38. The quantitative estimate of drug-likeness (QED) is 0.632. The van der Waals surface area contributed by atoms with Crippen molar-refractivity contribution in [2.45, 2.75) is 72.4 Å². The molecular formula is C14H29NO2.